The van der Waals surface area contributed by atoms with Crippen LogP contribution < -0.4 is 4.90 Å². The maximum Gasteiger partial charge on any atom is 0.147 e. The van der Waals surface area contributed by atoms with Crippen LogP contribution in [0.15, 0.2) is 47.7 Å². The highest BCUT2D eigenvalue weighted by Crippen LogP contribution is 2.29. The molecule has 0 spiro atoms. The Labute approximate surface area is 175 Å². The van der Waals surface area contributed by atoms with Crippen LogP contribution in [-0.4, -0.2) is 47.6 Å². The Morgan fingerprint density at radius 3 is 2.63 bits per heavy atom. The fraction of sp³-hybridized carbons (Fsp3) is 0.261. The smallest absolute Gasteiger partial charge is 0.147 e. The van der Waals surface area contributed by atoms with E-state index in [1.54, 1.807) is 24.5 Å². The number of anilines is 1. The second-order valence-electron chi connectivity index (χ2n) is 7.20. The van der Waals surface area contributed by atoms with E-state index in [1.807, 2.05) is 36.6 Å². The first-order chi connectivity index (χ1) is 14.6. The van der Waals surface area contributed by atoms with E-state index < -0.39 is 0 Å². The van der Waals surface area contributed by atoms with Crippen LogP contribution in [0.4, 0.5) is 10.2 Å². The van der Waals surface area contributed by atoms with E-state index >= 15 is 0 Å². The van der Waals surface area contributed by atoms with Gasteiger partial charge in [0.2, 0.25) is 0 Å². The molecule has 154 valence electrons. The Morgan fingerprint density at radius 2 is 1.97 bits per heavy atom. The molecule has 0 saturated carbocycles. The van der Waals surface area contributed by atoms with Crippen molar-refractivity contribution in [3.63, 3.8) is 0 Å². The molecule has 0 atom stereocenters. The number of benzene rings is 1. The maximum absolute atomic E-state index is 14.9. The number of halogens is 1. The number of aromatic nitrogens is 3. The average Bonchev–Trinajstić information content (AvgIpc) is 3.09. The highest BCUT2D eigenvalue weighted by Gasteiger charge is 2.19. The molecule has 1 aliphatic heterocycles. The van der Waals surface area contributed by atoms with Gasteiger partial charge in [0.1, 0.15) is 17.5 Å². The van der Waals surface area contributed by atoms with Crippen molar-refractivity contribution in [2.75, 3.05) is 31.2 Å². The van der Waals surface area contributed by atoms with Crippen molar-refractivity contribution in [3.05, 3.63) is 65.5 Å². The summed E-state index contributed by atoms with van der Waals surface area (Å²) in [6.07, 6.45) is 5.13. The number of imidazole rings is 1. The predicted octanol–water partition coefficient (Wildman–Crippen LogP) is 4.20. The van der Waals surface area contributed by atoms with Gasteiger partial charge in [0.25, 0.3) is 0 Å². The molecule has 30 heavy (non-hydrogen) atoms. The Balaban J connectivity index is 1.80. The minimum Gasteiger partial charge on any atom is -0.378 e. The molecular weight excluding hydrogens is 381 g/mol. The first kappa shape index (κ1) is 20.0. The molecule has 1 fully saturated rings. The Kier molecular flexibility index (Phi) is 5.72. The van der Waals surface area contributed by atoms with Crippen LogP contribution in [-0.2, 0) is 4.74 Å². The zero-order valence-corrected chi connectivity index (χ0v) is 17.2. The van der Waals surface area contributed by atoms with Gasteiger partial charge in [0, 0.05) is 36.7 Å². The molecular formula is C23H24FN5O. The van der Waals surface area contributed by atoms with Gasteiger partial charge < -0.3 is 9.64 Å². The van der Waals surface area contributed by atoms with E-state index in [9.17, 15) is 4.39 Å². The molecule has 7 heteroatoms. The molecule has 1 aromatic carbocycles. The van der Waals surface area contributed by atoms with E-state index in [-0.39, 0.29) is 5.82 Å². The van der Waals surface area contributed by atoms with Gasteiger partial charge in [-0.2, -0.15) is 0 Å². The standard InChI is InChI=1S/C23H24FN5O/c1-16-4-6-21(19(24)14-16)29-17(2)20(8-9-25-3)27-23(29)18-5-7-22(26-15-18)28-10-12-30-13-11-28/h4-9,14-15H,3,10-13H2,1-2H3/b9-8-. The molecule has 0 bridgehead atoms. The van der Waals surface area contributed by atoms with Crippen molar-refractivity contribution >= 4 is 18.6 Å². The van der Waals surface area contributed by atoms with Crippen molar-refractivity contribution in [2.45, 2.75) is 13.8 Å². The number of ether oxygens (including phenoxy) is 1. The van der Waals surface area contributed by atoms with Gasteiger partial charge >= 0.3 is 0 Å². The fourth-order valence-electron chi connectivity index (χ4n) is 3.58. The number of morpholine rings is 1. The van der Waals surface area contributed by atoms with Crippen LogP contribution in [0.2, 0.25) is 0 Å². The average molecular weight is 405 g/mol. The zero-order chi connectivity index (χ0) is 21.1. The zero-order valence-electron chi connectivity index (χ0n) is 17.2. The molecule has 1 aliphatic rings. The molecule has 3 heterocycles. The first-order valence-corrected chi connectivity index (χ1v) is 9.86. The van der Waals surface area contributed by atoms with Crippen LogP contribution in [0.25, 0.3) is 23.2 Å². The van der Waals surface area contributed by atoms with Crippen LogP contribution in [0.1, 0.15) is 17.0 Å². The van der Waals surface area contributed by atoms with Gasteiger partial charge in [-0.3, -0.25) is 9.56 Å². The summed E-state index contributed by atoms with van der Waals surface area (Å²) >= 11 is 0. The largest absolute Gasteiger partial charge is 0.378 e. The number of aryl methyl sites for hydroxylation is 1. The van der Waals surface area contributed by atoms with Crippen molar-refractivity contribution in [1.29, 1.82) is 0 Å². The number of hydrogen-bond acceptors (Lipinski definition) is 5. The molecule has 0 unspecified atom stereocenters. The molecule has 0 N–H and O–H groups in total. The van der Waals surface area contributed by atoms with Gasteiger partial charge in [0.05, 0.1) is 24.6 Å². The number of nitrogens with zero attached hydrogens (tertiary/aromatic N) is 5. The van der Waals surface area contributed by atoms with Crippen molar-refractivity contribution in [1.82, 2.24) is 14.5 Å². The van der Waals surface area contributed by atoms with Crippen molar-refractivity contribution in [2.24, 2.45) is 4.99 Å². The van der Waals surface area contributed by atoms with Crippen LogP contribution in [0.5, 0.6) is 0 Å². The number of pyridine rings is 1. The number of aliphatic imine (C=N–C) groups is 1. The Morgan fingerprint density at radius 1 is 1.17 bits per heavy atom. The molecule has 6 nitrogen and oxygen atoms in total. The summed E-state index contributed by atoms with van der Waals surface area (Å²) in [6.45, 7) is 10.3. The van der Waals surface area contributed by atoms with Gasteiger partial charge in [-0.1, -0.05) is 6.07 Å². The van der Waals surface area contributed by atoms with Crippen LogP contribution >= 0.6 is 0 Å². The van der Waals surface area contributed by atoms with Gasteiger partial charge in [-0.05, 0) is 56.5 Å². The van der Waals surface area contributed by atoms with Crippen LogP contribution in [0.3, 0.4) is 0 Å². The van der Waals surface area contributed by atoms with Crippen molar-refractivity contribution in [3.8, 4) is 17.1 Å². The topological polar surface area (TPSA) is 55.5 Å². The number of hydrogen-bond donors (Lipinski definition) is 0. The van der Waals surface area contributed by atoms with Gasteiger partial charge in [-0.25, -0.2) is 14.4 Å². The highest BCUT2D eigenvalue weighted by atomic mass is 19.1. The SMILES string of the molecule is C=N/C=C\c1nc(-c2ccc(N3CCOCC3)nc2)n(-c2ccc(C)cc2F)c1C. The second-order valence-corrected chi connectivity index (χ2v) is 7.20. The molecule has 0 aliphatic carbocycles. The summed E-state index contributed by atoms with van der Waals surface area (Å²) in [5.41, 5.74) is 3.63. The summed E-state index contributed by atoms with van der Waals surface area (Å²) < 4.78 is 22.1. The third-order valence-electron chi connectivity index (χ3n) is 5.17. The summed E-state index contributed by atoms with van der Waals surface area (Å²) in [4.78, 5) is 15.3. The van der Waals surface area contributed by atoms with Gasteiger partial charge in [0.15, 0.2) is 0 Å². The molecule has 4 rings (SSSR count). The third kappa shape index (κ3) is 3.89. The van der Waals surface area contributed by atoms with Crippen LogP contribution in [0, 0.1) is 19.7 Å². The third-order valence-corrected chi connectivity index (χ3v) is 5.17. The Hall–Kier alpha value is -3.32. The lowest BCUT2D eigenvalue weighted by Gasteiger charge is -2.27. The summed E-state index contributed by atoms with van der Waals surface area (Å²) in [6, 6.07) is 9.14. The normalized spacial score (nSPS) is 14.4. The van der Waals surface area contributed by atoms with E-state index in [0.29, 0.717) is 30.4 Å². The van der Waals surface area contributed by atoms with Crippen molar-refractivity contribution < 1.29 is 9.13 Å². The predicted molar refractivity (Wildman–Crippen MR) is 118 cm³/mol. The fourth-order valence-corrected chi connectivity index (χ4v) is 3.58. The first-order valence-electron chi connectivity index (χ1n) is 9.86. The quantitative estimate of drug-likeness (QED) is 0.597. The summed E-state index contributed by atoms with van der Waals surface area (Å²) in [5.74, 6) is 1.22. The summed E-state index contributed by atoms with van der Waals surface area (Å²) in [5, 5.41) is 0. The molecule has 0 radical (unpaired) electrons. The minimum atomic E-state index is -0.299. The lowest BCUT2D eigenvalue weighted by atomic mass is 10.2. The highest BCUT2D eigenvalue weighted by molar-refractivity contribution is 5.65. The van der Waals surface area contributed by atoms with E-state index in [1.165, 1.54) is 6.07 Å². The lowest BCUT2D eigenvalue weighted by molar-refractivity contribution is 0.122. The summed E-state index contributed by atoms with van der Waals surface area (Å²) in [7, 11) is 0. The number of rotatable bonds is 5. The van der Waals surface area contributed by atoms with E-state index in [4.69, 9.17) is 9.72 Å². The monoisotopic (exact) mass is 405 g/mol. The van der Waals surface area contributed by atoms with E-state index in [0.717, 1.165) is 35.7 Å². The molecule has 3 aromatic rings. The molecule has 2 aromatic heterocycles. The van der Waals surface area contributed by atoms with E-state index in [2.05, 4.69) is 21.6 Å². The molecule has 0 amide bonds. The second kappa shape index (κ2) is 8.59. The Bertz CT molecular complexity index is 1080. The molecule has 1 saturated heterocycles. The van der Waals surface area contributed by atoms with Gasteiger partial charge in [-0.15, -0.1) is 0 Å². The maximum atomic E-state index is 14.9. The minimum absolute atomic E-state index is 0.299. The lowest BCUT2D eigenvalue weighted by Crippen LogP contribution is -2.36.